The number of rotatable bonds is 2. The van der Waals surface area contributed by atoms with Gasteiger partial charge in [-0.25, -0.2) is 4.98 Å². The number of methoxy groups -OCH3 is 1. The number of para-hydroxylation sites is 1. The highest BCUT2D eigenvalue weighted by Crippen LogP contribution is 2.34. The van der Waals surface area contributed by atoms with Gasteiger partial charge in [0.25, 0.3) is 0 Å². The van der Waals surface area contributed by atoms with E-state index in [0.29, 0.717) is 17.1 Å². The van der Waals surface area contributed by atoms with Crippen molar-refractivity contribution < 1.29 is 9.84 Å². The molecule has 2 heterocycles. The summed E-state index contributed by atoms with van der Waals surface area (Å²) in [5, 5.41) is 10.9. The average molecular weight is 252 g/mol. The first-order valence-corrected chi connectivity index (χ1v) is 5.88. The third-order valence-electron chi connectivity index (χ3n) is 2.92. The lowest BCUT2D eigenvalue weighted by Crippen LogP contribution is -1.94. The van der Waals surface area contributed by atoms with Gasteiger partial charge in [-0.2, -0.15) is 0 Å². The molecule has 0 fully saturated rings. The molecule has 19 heavy (non-hydrogen) atoms. The third kappa shape index (κ3) is 1.97. The van der Waals surface area contributed by atoms with Crippen LogP contribution in [0.1, 0.15) is 0 Å². The van der Waals surface area contributed by atoms with Gasteiger partial charge < -0.3 is 9.84 Å². The van der Waals surface area contributed by atoms with Gasteiger partial charge in [0.15, 0.2) is 0 Å². The van der Waals surface area contributed by atoms with Gasteiger partial charge in [-0.3, -0.25) is 4.98 Å². The Morgan fingerprint density at radius 3 is 2.74 bits per heavy atom. The van der Waals surface area contributed by atoms with Gasteiger partial charge in [0, 0.05) is 11.6 Å². The Balaban J connectivity index is 2.31. The van der Waals surface area contributed by atoms with Crippen molar-refractivity contribution >= 4 is 10.9 Å². The number of hydrogen-bond donors (Lipinski definition) is 1. The van der Waals surface area contributed by atoms with Crippen molar-refractivity contribution in [2.75, 3.05) is 7.11 Å². The predicted octanol–water partition coefficient (Wildman–Crippen LogP) is 3.01. The SMILES string of the molecule is COc1nc2ccccc2cc1-c1ncccc1O. The molecule has 0 aliphatic rings. The fourth-order valence-corrected chi connectivity index (χ4v) is 2.03. The van der Waals surface area contributed by atoms with E-state index in [2.05, 4.69) is 9.97 Å². The molecule has 0 spiro atoms. The summed E-state index contributed by atoms with van der Waals surface area (Å²) in [4.78, 5) is 8.63. The Hall–Kier alpha value is -2.62. The molecule has 1 N–H and O–H groups in total. The van der Waals surface area contributed by atoms with E-state index in [4.69, 9.17) is 4.74 Å². The third-order valence-corrected chi connectivity index (χ3v) is 2.92. The lowest BCUT2D eigenvalue weighted by atomic mass is 10.1. The Morgan fingerprint density at radius 2 is 1.95 bits per heavy atom. The lowest BCUT2D eigenvalue weighted by molar-refractivity contribution is 0.400. The maximum atomic E-state index is 9.91. The molecule has 94 valence electrons. The van der Waals surface area contributed by atoms with E-state index in [9.17, 15) is 5.11 Å². The van der Waals surface area contributed by atoms with Crippen molar-refractivity contribution in [2.45, 2.75) is 0 Å². The number of aromatic hydroxyl groups is 1. The van der Waals surface area contributed by atoms with Gasteiger partial charge in [0.2, 0.25) is 5.88 Å². The summed E-state index contributed by atoms with van der Waals surface area (Å²) < 4.78 is 5.30. The van der Waals surface area contributed by atoms with Crippen molar-refractivity contribution in [1.29, 1.82) is 0 Å². The second kappa shape index (κ2) is 4.57. The summed E-state index contributed by atoms with van der Waals surface area (Å²) in [5.41, 5.74) is 2.00. The first-order valence-electron chi connectivity index (χ1n) is 5.88. The van der Waals surface area contributed by atoms with Crippen molar-refractivity contribution in [2.24, 2.45) is 0 Å². The second-order valence-electron chi connectivity index (χ2n) is 4.11. The minimum Gasteiger partial charge on any atom is -0.506 e. The molecule has 0 amide bonds. The normalized spacial score (nSPS) is 10.6. The maximum Gasteiger partial charge on any atom is 0.223 e. The molecule has 3 rings (SSSR count). The molecule has 0 bridgehead atoms. The lowest BCUT2D eigenvalue weighted by Gasteiger charge is -2.09. The van der Waals surface area contributed by atoms with Crippen LogP contribution < -0.4 is 4.74 Å². The van der Waals surface area contributed by atoms with E-state index in [-0.39, 0.29) is 5.75 Å². The molecule has 4 nitrogen and oxygen atoms in total. The largest absolute Gasteiger partial charge is 0.506 e. The van der Waals surface area contributed by atoms with Crippen molar-refractivity contribution in [1.82, 2.24) is 9.97 Å². The first-order chi connectivity index (χ1) is 9.29. The first kappa shape index (κ1) is 11.5. The highest BCUT2D eigenvalue weighted by molar-refractivity contribution is 5.86. The standard InChI is InChI=1S/C15H12N2O2/c1-19-15-11(14-13(18)7-4-8-16-14)9-10-5-2-3-6-12(10)17-15/h2-9,18H,1H3. The van der Waals surface area contributed by atoms with Crippen LogP contribution in [0.5, 0.6) is 11.6 Å². The minimum absolute atomic E-state index is 0.109. The smallest absolute Gasteiger partial charge is 0.223 e. The fraction of sp³-hybridized carbons (Fsp3) is 0.0667. The molecular formula is C15H12N2O2. The second-order valence-corrected chi connectivity index (χ2v) is 4.11. The van der Waals surface area contributed by atoms with Crippen molar-refractivity contribution in [3.05, 3.63) is 48.7 Å². The number of ether oxygens (including phenoxy) is 1. The summed E-state index contributed by atoms with van der Waals surface area (Å²) in [6.45, 7) is 0. The topological polar surface area (TPSA) is 55.2 Å². The van der Waals surface area contributed by atoms with Crippen LogP contribution in [-0.2, 0) is 0 Å². The van der Waals surface area contributed by atoms with Crippen molar-refractivity contribution in [3.63, 3.8) is 0 Å². The number of aromatic nitrogens is 2. The molecule has 4 heteroatoms. The molecule has 0 atom stereocenters. The van der Waals surface area contributed by atoms with Crippen LogP contribution in [-0.4, -0.2) is 22.2 Å². The molecule has 3 aromatic rings. The van der Waals surface area contributed by atoms with E-state index < -0.39 is 0 Å². The number of benzene rings is 1. The minimum atomic E-state index is 0.109. The zero-order valence-electron chi connectivity index (χ0n) is 10.4. The summed E-state index contributed by atoms with van der Waals surface area (Å²) in [6, 6.07) is 12.9. The quantitative estimate of drug-likeness (QED) is 0.761. The van der Waals surface area contributed by atoms with Crippen LogP contribution in [0.4, 0.5) is 0 Å². The zero-order chi connectivity index (χ0) is 13.2. The molecule has 0 unspecified atom stereocenters. The van der Waals surface area contributed by atoms with Gasteiger partial charge in [-0.05, 0) is 24.3 Å². The number of hydrogen-bond acceptors (Lipinski definition) is 4. The van der Waals surface area contributed by atoms with E-state index in [1.807, 2.05) is 30.3 Å². The Labute approximate surface area is 110 Å². The molecule has 0 aliphatic heterocycles. The van der Waals surface area contributed by atoms with Crippen LogP contribution in [0.3, 0.4) is 0 Å². The molecule has 0 saturated heterocycles. The molecule has 1 aromatic carbocycles. The molecule has 0 radical (unpaired) electrons. The van der Waals surface area contributed by atoms with Gasteiger partial charge in [0.1, 0.15) is 11.4 Å². The molecular weight excluding hydrogens is 240 g/mol. The number of fused-ring (bicyclic) bond motifs is 1. The van der Waals surface area contributed by atoms with Gasteiger partial charge in [0.05, 0.1) is 18.2 Å². The van der Waals surface area contributed by atoms with Crippen LogP contribution >= 0.6 is 0 Å². The Bertz CT molecular complexity index is 741. The van der Waals surface area contributed by atoms with Crippen LogP contribution in [0.2, 0.25) is 0 Å². The summed E-state index contributed by atoms with van der Waals surface area (Å²) in [7, 11) is 1.56. The monoisotopic (exact) mass is 252 g/mol. The van der Waals surface area contributed by atoms with E-state index in [1.165, 1.54) is 0 Å². The molecule has 0 aliphatic carbocycles. The van der Waals surface area contributed by atoms with Gasteiger partial charge >= 0.3 is 0 Å². The van der Waals surface area contributed by atoms with E-state index in [0.717, 1.165) is 10.9 Å². The predicted molar refractivity (Wildman–Crippen MR) is 73.2 cm³/mol. The number of nitrogens with zero attached hydrogens (tertiary/aromatic N) is 2. The van der Waals surface area contributed by atoms with E-state index in [1.54, 1.807) is 25.4 Å². The van der Waals surface area contributed by atoms with Gasteiger partial charge in [-0.15, -0.1) is 0 Å². The van der Waals surface area contributed by atoms with E-state index >= 15 is 0 Å². The van der Waals surface area contributed by atoms with Crippen LogP contribution in [0.25, 0.3) is 22.2 Å². The fourth-order valence-electron chi connectivity index (χ4n) is 2.03. The van der Waals surface area contributed by atoms with Crippen LogP contribution in [0, 0.1) is 0 Å². The maximum absolute atomic E-state index is 9.91. The highest BCUT2D eigenvalue weighted by atomic mass is 16.5. The average Bonchev–Trinajstić information content (AvgIpc) is 2.46. The molecule has 0 saturated carbocycles. The Morgan fingerprint density at radius 1 is 1.11 bits per heavy atom. The van der Waals surface area contributed by atoms with Crippen LogP contribution in [0.15, 0.2) is 48.7 Å². The summed E-state index contributed by atoms with van der Waals surface area (Å²) >= 11 is 0. The number of pyridine rings is 2. The van der Waals surface area contributed by atoms with Gasteiger partial charge in [-0.1, -0.05) is 18.2 Å². The van der Waals surface area contributed by atoms with Crippen molar-refractivity contribution in [3.8, 4) is 22.9 Å². The molecule has 2 aromatic heterocycles. The Kier molecular flexibility index (Phi) is 2.76. The highest BCUT2D eigenvalue weighted by Gasteiger charge is 2.13. The zero-order valence-corrected chi connectivity index (χ0v) is 10.4. The summed E-state index contributed by atoms with van der Waals surface area (Å²) in [6.07, 6.45) is 1.63. The summed E-state index contributed by atoms with van der Waals surface area (Å²) in [5.74, 6) is 0.561.